The van der Waals surface area contributed by atoms with Gasteiger partial charge in [0.05, 0.1) is 24.0 Å². The van der Waals surface area contributed by atoms with Gasteiger partial charge in [-0.25, -0.2) is 0 Å². The molecule has 5 N–H and O–H groups in total. The van der Waals surface area contributed by atoms with E-state index in [1.54, 1.807) is 18.7 Å². The number of rotatable bonds is 19. The van der Waals surface area contributed by atoms with Crippen molar-refractivity contribution >= 4 is 35.4 Å². The van der Waals surface area contributed by atoms with Crippen LogP contribution in [0.15, 0.2) is 0 Å². The first-order valence-electron chi connectivity index (χ1n) is 13.1. The fourth-order valence-electron chi connectivity index (χ4n) is 4.59. The number of carboxylic acid groups (broad SMARTS) is 2. The summed E-state index contributed by atoms with van der Waals surface area (Å²) in [6.45, 7) is 15.0. The van der Waals surface area contributed by atoms with Crippen molar-refractivity contribution in [2.45, 2.75) is 128 Å². The molecule has 36 heavy (non-hydrogen) atoms. The summed E-state index contributed by atoms with van der Waals surface area (Å²) < 4.78 is 0. The van der Waals surface area contributed by atoms with Gasteiger partial charge < -0.3 is 20.8 Å². The van der Waals surface area contributed by atoms with Crippen LogP contribution in [0.4, 0.5) is 0 Å². The summed E-state index contributed by atoms with van der Waals surface area (Å²) in [5.41, 5.74) is -1.58. The maximum Gasteiger partial charge on any atom is 0.321 e. The van der Waals surface area contributed by atoms with Gasteiger partial charge in [-0.1, -0.05) is 48.0 Å². The van der Waals surface area contributed by atoms with Gasteiger partial charge in [-0.15, -0.1) is 0 Å². The molecule has 0 aliphatic heterocycles. The predicted molar refractivity (Wildman–Crippen MR) is 145 cm³/mol. The summed E-state index contributed by atoms with van der Waals surface area (Å²) in [6, 6.07) is -2.88. The van der Waals surface area contributed by atoms with Crippen LogP contribution in [0.2, 0.25) is 0 Å². The maximum absolute atomic E-state index is 13.7. The molecule has 0 aliphatic rings. The predicted octanol–water partition coefficient (Wildman–Crippen LogP) is 3.45. The number of Topliss-reactive ketones (excluding diaryl/α,β-unsaturated/α-hetero) is 1. The third kappa shape index (κ3) is 9.34. The number of carbonyl (C=O) groups is 4. The van der Waals surface area contributed by atoms with E-state index in [4.69, 9.17) is 0 Å². The second-order valence-electron chi connectivity index (χ2n) is 9.92. The van der Waals surface area contributed by atoms with Crippen molar-refractivity contribution in [3.63, 3.8) is 0 Å². The van der Waals surface area contributed by atoms with Crippen molar-refractivity contribution in [3.8, 4) is 0 Å². The average Bonchev–Trinajstić information content (AvgIpc) is 2.84. The Kier molecular flexibility index (Phi) is 14.9. The Morgan fingerprint density at radius 2 is 1.42 bits per heavy atom. The zero-order chi connectivity index (χ0) is 28.3. The van der Waals surface area contributed by atoms with Gasteiger partial charge in [-0.05, 0) is 51.7 Å². The second kappa shape index (κ2) is 15.6. The summed E-state index contributed by atoms with van der Waals surface area (Å²) >= 11 is 1.58. The normalized spacial score (nSPS) is 16.5. The molecule has 0 heterocycles. The molecule has 0 saturated heterocycles. The topological polar surface area (TPSA) is 145 Å². The summed E-state index contributed by atoms with van der Waals surface area (Å²) in [5, 5.41) is 28.5. The Morgan fingerprint density at radius 1 is 0.889 bits per heavy atom. The molecule has 0 spiro atoms. The van der Waals surface area contributed by atoms with Gasteiger partial charge in [0.2, 0.25) is 5.91 Å². The van der Waals surface area contributed by atoms with Crippen LogP contribution in [0.25, 0.3) is 0 Å². The van der Waals surface area contributed by atoms with Crippen molar-refractivity contribution in [3.05, 3.63) is 0 Å². The van der Waals surface area contributed by atoms with Crippen molar-refractivity contribution < 1.29 is 29.4 Å². The number of carboxylic acids is 2. The number of hydrogen-bond acceptors (Lipinski definition) is 7. The molecule has 0 aliphatic carbocycles. The lowest BCUT2D eigenvalue weighted by Crippen LogP contribution is -2.64. The van der Waals surface area contributed by atoms with Crippen molar-refractivity contribution in [2.75, 3.05) is 6.26 Å². The Hall–Kier alpha value is -1.65. The first-order chi connectivity index (χ1) is 16.7. The molecule has 5 atom stereocenters. The first-order valence-corrected chi connectivity index (χ1v) is 14.4. The van der Waals surface area contributed by atoms with E-state index in [9.17, 15) is 29.4 Å². The smallest absolute Gasteiger partial charge is 0.321 e. The minimum Gasteiger partial charge on any atom is -0.481 e. The molecule has 1 amide bonds. The van der Waals surface area contributed by atoms with Crippen LogP contribution in [0.5, 0.6) is 0 Å². The molecule has 0 rings (SSSR count). The Balaban J connectivity index is 5.95. The number of aliphatic carboxylic acids is 2. The van der Waals surface area contributed by atoms with Gasteiger partial charge in [0, 0.05) is 10.8 Å². The van der Waals surface area contributed by atoms with Gasteiger partial charge in [-0.2, -0.15) is 11.8 Å². The van der Waals surface area contributed by atoms with Gasteiger partial charge in [0.1, 0.15) is 6.04 Å². The van der Waals surface area contributed by atoms with Crippen LogP contribution in [0, 0.1) is 5.92 Å². The number of thioether (sulfide) groups is 1. The minimum absolute atomic E-state index is 0.0662. The van der Waals surface area contributed by atoms with Crippen LogP contribution < -0.4 is 16.0 Å². The van der Waals surface area contributed by atoms with E-state index >= 15 is 0 Å². The Morgan fingerprint density at radius 3 is 1.78 bits per heavy atom. The molecule has 0 saturated carbocycles. The molecule has 10 heteroatoms. The fraction of sp³-hybridized carbons (Fsp3) is 0.846. The highest BCUT2D eigenvalue weighted by Gasteiger charge is 2.44. The van der Waals surface area contributed by atoms with E-state index < -0.39 is 53.5 Å². The van der Waals surface area contributed by atoms with E-state index in [1.165, 1.54) is 0 Å². The molecule has 5 unspecified atom stereocenters. The lowest BCUT2D eigenvalue weighted by molar-refractivity contribution is -0.143. The lowest BCUT2D eigenvalue weighted by atomic mass is 9.81. The summed E-state index contributed by atoms with van der Waals surface area (Å²) in [7, 11) is 0. The highest BCUT2D eigenvalue weighted by Crippen LogP contribution is 2.28. The highest BCUT2D eigenvalue weighted by molar-refractivity contribution is 7.99. The van der Waals surface area contributed by atoms with Crippen LogP contribution >= 0.6 is 11.8 Å². The minimum atomic E-state index is -1.15. The summed E-state index contributed by atoms with van der Waals surface area (Å²) in [5.74, 6) is -3.21. The third-order valence-corrected chi connectivity index (χ3v) is 8.87. The largest absolute Gasteiger partial charge is 0.481 e. The molecule has 0 aromatic carbocycles. The first kappa shape index (κ1) is 34.4. The molecule has 0 aromatic rings. The monoisotopic (exact) mass is 531 g/mol. The van der Waals surface area contributed by atoms with E-state index in [0.717, 1.165) is 0 Å². The maximum atomic E-state index is 13.7. The second-order valence-corrected chi connectivity index (χ2v) is 11.1. The van der Waals surface area contributed by atoms with E-state index in [1.807, 2.05) is 54.7 Å². The quantitative estimate of drug-likeness (QED) is 0.169. The molecule has 210 valence electrons. The van der Waals surface area contributed by atoms with E-state index in [0.29, 0.717) is 32.1 Å². The number of hydrogen-bond donors (Lipinski definition) is 5. The number of nitrogens with one attached hydrogen (secondary N) is 3. The summed E-state index contributed by atoms with van der Waals surface area (Å²) in [6.07, 6.45) is 4.23. The molecular formula is C26H49N3O6S. The molecule has 9 nitrogen and oxygen atoms in total. The molecular weight excluding hydrogens is 482 g/mol. The Bertz CT molecular complexity index is 739. The van der Waals surface area contributed by atoms with Crippen molar-refractivity contribution in [2.24, 2.45) is 5.92 Å². The zero-order valence-corrected chi connectivity index (χ0v) is 24.4. The third-order valence-electron chi connectivity index (χ3n) is 7.78. The van der Waals surface area contributed by atoms with Gasteiger partial charge in [-0.3, -0.25) is 24.5 Å². The zero-order valence-electron chi connectivity index (χ0n) is 23.6. The number of amides is 1. The van der Waals surface area contributed by atoms with Crippen LogP contribution in [-0.4, -0.2) is 74.6 Å². The standard InChI is InChI=1S/C26H49N3O6S/c1-10-18(17(7)36-9)21(24(34)35)29-26(13-4,14-5)22(32)16(6)27-23(33)19(15-20(30)31)28-25(8,11-2)12-3/h16-19,21,28-29H,10-15H2,1-9H3,(H,27,33)(H,30,31)(H,34,35). The lowest BCUT2D eigenvalue weighted by Gasteiger charge is -2.40. The highest BCUT2D eigenvalue weighted by atomic mass is 32.2. The van der Waals surface area contributed by atoms with E-state index in [-0.39, 0.29) is 17.0 Å². The van der Waals surface area contributed by atoms with Crippen molar-refractivity contribution in [1.82, 2.24) is 16.0 Å². The number of carbonyl (C=O) groups excluding carboxylic acids is 2. The number of ketones is 1. The van der Waals surface area contributed by atoms with Crippen LogP contribution in [-0.2, 0) is 19.2 Å². The van der Waals surface area contributed by atoms with Gasteiger partial charge in [0.25, 0.3) is 0 Å². The molecule has 0 bridgehead atoms. The fourth-order valence-corrected chi connectivity index (χ4v) is 5.29. The molecule has 0 fully saturated rings. The van der Waals surface area contributed by atoms with Crippen LogP contribution in [0.1, 0.15) is 93.9 Å². The molecule has 0 aromatic heterocycles. The summed E-state index contributed by atoms with van der Waals surface area (Å²) in [4.78, 5) is 50.5. The SMILES string of the molecule is CCC(C(C)SC)C(NC(CC)(CC)C(=O)C(C)NC(=O)C(CC(=O)O)NC(C)(CC)CC)C(=O)O. The molecule has 0 radical (unpaired) electrons. The van der Waals surface area contributed by atoms with Gasteiger partial charge in [0.15, 0.2) is 5.78 Å². The van der Waals surface area contributed by atoms with Crippen LogP contribution in [0.3, 0.4) is 0 Å². The average molecular weight is 532 g/mol. The van der Waals surface area contributed by atoms with Gasteiger partial charge >= 0.3 is 11.9 Å². The van der Waals surface area contributed by atoms with E-state index in [2.05, 4.69) is 16.0 Å². The van der Waals surface area contributed by atoms with Crippen molar-refractivity contribution in [1.29, 1.82) is 0 Å². The Labute approximate surface area is 221 Å².